The van der Waals surface area contributed by atoms with Crippen LogP contribution >= 0.6 is 0 Å². The van der Waals surface area contributed by atoms with Crippen LogP contribution in [0, 0.1) is 5.82 Å². The molecule has 5 rings (SSSR count). The monoisotopic (exact) mass is 351 g/mol. The van der Waals surface area contributed by atoms with Crippen LogP contribution in [-0.4, -0.2) is 37.7 Å². The second-order valence-electron chi connectivity index (χ2n) is 6.87. The number of amides is 1. The Morgan fingerprint density at radius 3 is 2.73 bits per heavy atom. The Morgan fingerprint density at radius 2 is 1.85 bits per heavy atom. The number of halogens is 1. The van der Waals surface area contributed by atoms with Crippen molar-refractivity contribution in [3.8, 4) is 11.3 Å². The lowest BCUT2D eigenvalue weighted by atomic mass is 10.00. The van der Waals surface area contributed by atoms with Crippen LogP contribution in [0.3, 0.4) is 0 Å². The zero-order chi connectivity index (χ0) is 17.7. The molecular weight excluding hydrogens is 333 g/mol. The van der Waals surface area contributed by atoms with Crippen molar-refractivity contribution in [2.45, 2.75) is 32.2 Å². The molecule has 2 N–H and O–H groups in total. The summed E-state index contributed by atoms with van der Waals surface area (Å²) in [5.41, 5.74) is 5.59. The third kappa shape index (κ3) is 2.27. The standard InChI is InChI=1S/C19H18FN5O/c20-14-6-2-1-4-11(14)17-13-10-25(9-8-16(13)22-23-17)19(26)18-12-5-3-7-15(12)21-24-18/h1-2,4,6H,3,5,7-10H2,(H,21,24)(H,22,23). The van der Waals surface area contributed by atoms with E-state index >= 15 is 0 Å². The number of carbonyl (C=O) groups is 1. The molecular formula is C19H18FN5O. The van der Waals surface area contributed by atoms with Crippen molar-refractivity contribution in [2.75, 3.05) is 6.54 Å². The SMILES string of the molecule is O=C(c1n[nH]c2c1CCC2)N1CCc2[nH]nc(-c3ccccc3F)c2C1. The van der Waals surface area contributed by atoms with E-state index in [1.54, 1.807) is 23.1 Å². The van der Waals surface area contributed by atoms with Crippen LogP contribution in [0.5, 0.6) is 0 Å². The third-order valence-corrected chi connectivity index (χ3v) is 5.36. The lowest BCUT2D eigenvalue weighted by Crippen LogP contribution is -2.36. The van der Waals surface area contributed by atoms with Crippen LogP contribution in [0.2, 0.25) is 0 Å². The maximum atomic E-state index is 14.2. The molecule has 2 aromatic heterocycles. The number of aryl methyl sites for hydroxylation is 1. The van der Waals surface area contributed by atoms with E-state index in [2.05, 4.69) is 20.4 Å². The highest BCUT2D eigenvalue weighted by Gasteiger charge is 2.31. The maximum Gasteiger partial charge on any atom is 0.274 e. The summed E-state index contributed by atoms with van der Waals surface area (Å²) in [4.78, 5) is 14.8. The number of carbonyl (C=O) groups excluding carboxylic acids is 1. The minimum atomic E-state index is -0.310. The van der Waals surface area contributed by atoms with Gasteiger partial charge < -0.3 is 4.90 Å². The molecule has 1 aliphatic carbocycles. The topological polar surface area (TPSA) is 77.7 Å². The first-order valence-electron chi connectivity index (χ1n) is 8.89. The zero-order valence-electron chi connectivity index (χ0n) is 14.2. The molecule has 0 bridgehead atoms. The predicted molar refractivity (Wildman–Crippen MR) is 93.0 cm³/mol. The minimum Gasteiger partial charge on any atom is -0.332 e. The van der Waals surface area contributed by atoms with E-state index in [0.29, 0.717) is 36.5 Å². The zero-order valence-corrected chi connectivity index (χ0v) is 14.2. The van der Waals surface area contributed by atoms with Crippen LogP contribution in [0.25, 0.3) is 11.3 Å². The van der Waals surface area contributed by atoms with E-state index in [9.17, 15) is 9.18 Å². The Hall–Kier alpha value is -2.96. The number of H-pyrrole nitrogens is 2. The third-order valence-electron chi connectivity index (χ3n) is 5.36. The van der Waals surface area contributed by atoms with E-state index in [0.717, 1.165) is 41.8 Å². The predicted octanol–water partition coefficient (Wildman–Crippen LogP) is 2.63. The number of hydrogen-bond acceptors (Lipinski definition) is 3. The van der Waals surface area contributed by atoms with Crippen LogP contribution in [0.1, 0.15) is 39.4 Å². The van der Waals surface area contributed by atoms with Gasteiger partial charge in [0.05, 0.1) is 6.54 Å². The molecule has 0 fully saturated rings. The van der Waals surface area contributed by atoms with Gasteiger partial charge in [0.25, 0.3) is 5.91 Å². The second kappa shape index (κ2) is 5.79. The Morgan fingerprint density at radius 1 is 1.04 bits per heavy atom. The summed E-state index contributed by atoms with van der Waals surface area (Å²) in [6, 6.07) is 6.59. The highest BCUT2D eigenvalue weighted by Crippen LogP contribution is 2.31. The fraction of sp³-hybridized carbons (Fsp3) is 0.316. The molecule has 0 unspecified atom stereocenters. The molecule has 7 heteroatoms. The first-order valence-corrected chi connectivity index (χ1v) is 8.89. The molecule has 132 valence electrons. The van der Waals surface area contributed by atoms with Crippen LogP contribution in [-0.2, 0) is 25.8 Å². The Kier molecular flexibility index (Phi) is 3.41. The summed E-state index contributed by atoms with van der Waals surface area (Å²) in [7, 11) is 0. The van der Waals surface area contributed by atoms with Gasteiger partial charge in [-0.05, 0) is 31.4 Å². The first kappa shape index (κ1) is 15.3. The average Bonchev–Trinajstić information content (AvgIpc) is 3.36. The molecule has 3 heterocycles. The number of nitrogens with zero attached hydrogens (tertiary/aromatic N) is 3. The molecule has 6 nitrogen and oxygen atoms in total. The van der Waals surface area contributed by atoms with E-state index in [1.165, 1.54) is 6.07 Å². The van der Waals surface area contributed by atoms with Gasteiger partial charge in [0.2, 0.25) is 0 Å². The molecule has 0 radical (unpaired) electrons. The largest absolute Gasteiger partial charge is 0.332 e. The van der Waals surface area contributed by atoms with Crippen molar-refractivity contribution >= 4 is 5.91 Å². The number of rotatable bonds is 2. The van der Waals surface area contributed by atoms with Crippen LogP contribution < -0.4 is 0 Å². The minimum absolute atomic E-state index is 0.0595. The quantitative estimate of drug-likeness (QED) is 0.745. The van der Waals surface area contributed by atoms with Gasteiger partial charge in [-0.1, -0.05) is 12.1 Å². The van der Waals surface area contributed by atoms with Gasteiger partial charge >= 0.3 is 0 Å². The summed E-state index contributed by atoms with van der Waals surface area (Å²) < 4.78 is 14.2. The van der Waals surface area contributed by atoms with E-state index < -0.39 is 0 Å². The van der Waals surface area contributed by atoms with E-state index in [-0.39, 0.29) is 11.7 Å². The van der Waals surface area contributed by atoms with Gasteiger partial charge in [0.15, 0.2) is 5.69 Å². The highest BCUT2D eigenvalue weighted by atomic mass is 19.1. The molecule has 1 aliphatic heterocycles. The number of aromatic amines is 2. The molecule has 0 spiro atoms. The fourth-order valence-corrected chi connectivity index (χ4v) is 3.99. The first-order chi connectivity index (χ1) is 12.7. The van der Waals surface area contributed by atoms with Crippen molar-refractivity contribution < 1.29 is 9.18 Å². The van der Waals surface area contributed by atoms with Gasteiger partial charge in [-0.15, -0.1) is 0 Å². The van der Waals surface area contributed by atoms with Gasteiger partial charge in [-0.25, -0.2) is 4.39 Å². The molecule has 0 saturated carbocycles. The molecule has 2 aliphatic rings. The normalized spacial score (nSPS) is 15.8. The van der Waals surface area contributed by atoms with Gasteiger partial charge in [-0.2, -0.15) is 10.2 Å². The van der Waals surface area contributed by atoms with Crippen LogP contribution in [0.15, 0.2) is 24.3 Å². The van der Waals surface area contributed by atoms with Crippen LogP contribution in [0.4, 0.5) is 4.39 Å². The van der Waals surface area contributed by atoms with E-state index in [4.69, 9.17) is 0 Å². The smallest absolute Gasteiger partial charge is 0.274 e. The fourth-order valence-electron chi connectivity index (χ4n) is 3.99. The summed E-state index contributed by atoms with van der Waals surface area (Å²) in [6.07, 6.45) is 3.60. The average molecular weight is 351 g/mol. The van der Waals surface area contributed by atoms with Crippen molar-refractivity contribution in [3.05, 3.63) is 58.3 Å². The van der Waals surface area contributed by atoms with Gasteiger partial charge in [0.1, 0.15) is 11.5 Å². The van der Waals surface area contributed by atoms with Gasteiger partial charge in [0, 0.05) is 41.0 Å². The second-order valence-corrected chi connectivity index (χ2v) is 6.87. The number of fused-ring (bicyclic) bond motifs is 2. The van der Waals surface area contributed by atoms with Crippen molar-refractivity contribution in [3.63, 3.8) is 0 Å². The van der Waals surface area contributed by atoms with E-state index in [1.807, 2.05) is 0 Å². The summed E-state index contributed by atoms with van der Waals surface area (Å²) in [5.74, 6) is -0.369. The number of nitrogens with one attached hydrogen (secondary N) is 2. The summed E-state index contributed by atoms with van der Waals surface area (Å²) in [5, 5.41) is 14.6. The summed E-state index contributed by atoms with van der Waals surface area (Å²) in [6.45, 7) is 1.02. The number of aromatic nitrogens is 4. The Balaban J connectivity index is 1.47. The lowest BCUT2D eigenvalue weighted by Gasteiger charge is -2.27. The Bertz CT molecular complexity index is 1010. The lowest BCUT2D eigenvalue weighted by molar-refractivity contribution is 0.0727. The molecule has 1 amide bonds. The molecule has 3 aromatic rings. The van der Waals surface area contributed by atoms with Crippen molar-refractivity contribution in [2.24, 2.45) is 0 Å². The van der Waals surface area contributed by atoms with Crippen molar-refractivity contribution in [1.82, 2.24) is 25.3 Å². The molecule has 26 heavy (non-hydrogen) atoms. The number of benzene rings is 1. The van der Waals surface area contributed by atoms with Gasteiger partial charge in [-0.3, -0.25) is 15.0 Å². The molecule has 0 saturated heterocycles. The molecule has 1 aromatic carbocycles. The van der Waals surface area contributed by atoms with Crippen molar-refractivity contribution in [1.29, 1.82) is 0 Å². The Labute approximate surface area is 149 Å². The summed E-state index contributed by atoms with van der Waals surface area (Å²) >= 11 is 0. The maximum absolute atomic E-state index is 14.2. The highest BCUT2D eigenvalue weighted by molar-refractivity contribution is 5.94. The number of hydrogen-bond donors (Lipinski definition) is 2. The molecule has 0 atom stereocenters.